The number of fused-ring (bicyclic) bond motifs is 1. The summed E-state index contributed by atoms with van der Waals surface area (Å²) in [5, 5.41) is 9.40. The molecule has 0 bridgehead atoms. The van der Waals surface area contributed by atoms with E-state index in [9.17, 15) is 14.7 Å². The van der Waals surface area contributed by atoms with Crippen molar-refractivity contribution in [2.45, 2.75) is 18.9 Å². The first-order valence-corrected chi connectivity index (χ1v) is 8.36. The third kappa shape index (κ3) is 3.43. The van der Waals surface area contributed by atoms with Gasteiger partial charge in [0.15, 0.2) is 0 Å². The predicted octanol–water partition coefficient (Wildman–Crippen LogP) is 4.16. The normalized spacial score (nSPS) is 16.4. The van der Waals surface area contributed by atoms with Gasteiger partial charge in [-0.3, -0.25) is 9.69 Å². The topological polar surface area (TPSA) is 66.8 Å². The molecule has 0 spiro atoms. The Morgan fingerprint density at radius 3 is 2.67 bits per heavy atom. The molecule has 0 saturated carbocycles. The lowest BCUT2D eigenvalue weighted by Crippen LogP contribution is -2.38. The van der Waals surface area contributed by atoms with Crippen molar-refractivity contribution in [3.8, 4) is 0 Å². The number of carbonyl (C=O) groups is 2. The van der Waals surface area contributed by atoms with Crippen LogP contribution in [0, 0.1) is 0 Å². The first-order valence-electron chi connectivity index (χ1n) is 7.56. The Hall–Kier alpha value is -2.34. The molecule has 1 heterocycles. The number of benzene rings is 2. The van der Waals surface area contributed by atoms with Gasteiger partial charge in [0.2, 0.25) is 0 Å². The van der Waals surface area contributed by atoms with E-state index < -0.39 is 18.0 Å². The second-order valence-corrected chi connectivity index (χ2v) is 6.49. The molecular weight excluding hydrogens is 374 g/mol. The summed E-state index contributed by atoms with van der Waals surface area (Å²) in [6.45, 7) is 0.504. The van der Waals surface area contributed by atoms with Crippen molar-refractivity contribution >= 4 is 33.7 Å². The lowest BCUT2D eigenvalue weighted by molar-refractivity contribution is -0.139. The van der Waals surface area contributed by atoms with E-state index in [1.165, 1.54) is 4.90 Å². The maximum absolute atomic E-state index is 12.4. The molecule has 3 rings (SSSR count). The lowest BCUT2D eigenvalue weighted by Gasteiger charge is -2.32. The van der Waals surface area contributed by atoms with Gasteiger partial charge in [-0.05, 0) is 35.7 Å². The summed E-state index contributed by atoms with van der Waals surface area (Å²) < 4.78 is 6.16. The van der Waals surface area contributed by atoms with Crippen molar-refractivity contribution < 1.29 is 19.4 Å². The minimum atomic E-state index is -0.883. The molecule has 2 aromatic rings. The Balaban J connectivity index is 1.80. The van der Waals surface area contributed by atoms with E-state index in [1.807, 2.05) is 30.3 Å². The third-order valence-electron chi connectivity index (χ3n) is 4.02. The van der Waals surface area contributed by atoms with E-state index in [2.05, 4.69) is 15.9 Å². The number of aliphatic carboxylic acids is 1. The molecule has 0 radical (unpaired) electrons. The van der Waals surface area contributed by atoms with E-state index in [0.29, 0.717) is 24.2 Å². The van der Waals surface area contributed by atoms with Crippen molar-refractivity contribution in [2.75, 3.05) is 11.4 Å². The van der Waals surface area contributed by atoms with Crippen LogP contribution in [0.3, 0.4) is 0 Å². The van der Waals surface area contributed by atoms with Gasteiger partial charge in [0.25, 0.3) is 0 Å². The van der Waals surface area contributed by atoms with Crippen LogP contribution < -0.4 is 4.90 Å². The van der Waals surface area contributed by atoms with Crippen LogP contribution in [0.1, 0.15) is 23.5 Å². The summed E-state index contributed by atoms with van der Waals surface area (Å²) in [6, 6.07) is 14.7. The Kier molecular flexibility index (Phi) is 4.85. The lowest BCUT2D eigenvalue weighted by atomic mass is 9.90. The SMILES string of the molecule is O=C(O)[C@H]1CCN(C(=O)OCc2ccccc2)c2ccc(Br)cc21. The second kappa shape index (κ2) is 7.05. The van der Waals surface area contributed by atoms with Crippen molar-refractivity contribution in [1.82, 2.24) is 0 Å². The average Bonchev–Trinajstić information content (AvgIpc) is 2.59. The van der Waals surface area contributed by atoms with Crippen LogP contribution in [0.5, 0.6) is 0 Å². The molecule has 0 aromatic heterocycles. The second-order valence-electron chi connectivity index (χ2n) is 5.57. The van der Waals surface area contributed by atoms with E-state index in [1.54, 1.807) is 18.2 Å². The van der Waals surface area contributed by atoms with Gasteiger partial charge in [-0.15, -0.1) is 0 Å². The number of hydrogen-bond acceptors (Lipinski definition) is 3. The highest BCUT2D eigenvalue weighted by Crippen LogP contribution is 2.37. The minimum absolute atomic E-state index is 0.185. The zero-order chi connectivity index (χ0) is 17.1. The highest BCUT2D eigenvalue weighted by molar-refractivity contribution is 9.10. The van der Waals surface area contributed by atoms with E-state index in [4.69, 9.17) is 4.74 Å². The molecule has 1 N–H and O–H groups in total. The quantitative estimate of drug-likeness (QED) is 0.855. The molecule has 1 atom stereocenters. The molecule has 5 nitrogen and oxygen atoms in total. The smallest absolute Gasteiger partial charge is 0.414 e. The van der Waals surface area contributed by atoms with E-state index in [-0.39, 0.29) is 6.61 Å². The summed E-state index contributed by atoms with van der Waals surface area (Å²) in [7, 11) is 0. The van der Waals surface area contributed by atoms with Gasteiger partial charge in [0.1, 0.15) is 6.61 Å². The summed E-state index contributed by atoms with van der Waals surface area (Å²) in [4.78, 5) is 25.4. The number of carbonyl (C=O) groups excluding carboxylic acids is 1. The van der Waals surface area contributed by atoms with Crippen LogP contribution in [0.2, 0.25) is 0 Å². The van der Waals surface area contributed by atoms with Gasteiger partial charge in [0, 0.05) is 11.0 Å². The molecule has 1 aliphatic heterocycles. The van der Waals surface area contributed by atoms with Crippen molar-refractivity contribution in [1.29, 1.82) is 0 Å². The monoisotopic (exact) mass is 389 g/mol. The maximum Gasteiger partial charge on any atom is 0.414 e. The molecule has 2 aromatic carbocycles. The van der Waals surface area contributed by atoms with Crippen molar-refractivity contribution in [2.24, 2.45) is 0 Å². The largest absolute Gasteiger partial charge is 0.481 e. The zero-order valence-electron chi connectivity index (χ0n) is 12.8. The van der Waals surface area contributed by atoms with Crippen LogP contribution in [0.15, 0.2) is 53.0 Å². The Morgan fingerprint density at radius 1 is 1.21 bits per heavy atom. The minimum Gasteiger partial charge on any atom is -0.481 e. The van der Waals surface area contributed by atoms with Gasteiger partial charge in [-0.2, -0.15) is 0 Å². The summed E-state index contributed by atoms with van der Waals surface area (Å²) in [5.41, 5.74) is 2.12. The highest BCUT2D eigenvalue weighted by atomic mass is 79.9. The molecule has 1 amide bonds. The number of carboxylic acids is 1. The van der Waals surface area contributed by atoms with Crippen LogP contribution in [-0.2, 0) is 16.1 Å². The van der Waals surface area contributed by atoms with Crippen LogP contribution in [-0.4, -0.2) is 23.7 Å². The van der Waals surface area contributed by atoms with Crippen LogP contribution >= 0.6 is 15.9 Å². The number of hydrogen-bond donors (Lipinski definition) is 1. The van der Waals surface area contributed by atoms with Crippen LogP contribution in [0.25, 0.3) is 0 Å². The van der Waals surface area contributed by atoms with Crippen LogP contribution in [0.4, 0.5) is 10.5 Å². The van der Waals surface area contributed by atoms with E-state index >= 15 is 0 Å². The summed E-state index contributed by atoms with van der Waals surface area (Å²) in [5.74, 6) is -1.50. The highest BCUT2D eigenvalue weighted by Gasteiger charge is 2.33. The zero-order valence-corrected chi connectivity index (χ0v) is 14.4. The number of amides is 1. The molecule has 0 fully saturated rings. The number of halogens is 1. The molecule has 0 saturated heterocycles. The van der Waals surface area contributed by atoms with Gasteiger partial charge in [0.05, 0.1) is 11.6 Å². The van der Waals surface area contributed by atoms with Gasteiger partial charge >= 0.3 is 12.1 Å². The third-order valence-corrected chi connectivity index (χ3v) is 4.51. The van der Waals surface area contributed by atoms with Gasteiger partial charge in [-0.1, -0.05) is 46.3 Å². The fraction of sp³-hybridized carbons (Fsp3) is 0.222. The Bertz CT molecular complexity index is 763. The molecule has 124 valence electrons. The van der Waals surface area contributed by atoms with Gasteiger partial charge in [-0.25, -0.2) is 4.79 Å². The summed E-state index contributed by atoms with van der Waals surface area (Å²) >= 11 is 3.36. The number of anilines is 1. The first-order chi connectivity index (χ1) is 11.6. The Labute approximate surface area is 148 Å². The number of rotatable bonds is 3. The number of ether oxygens (including phenoxy) is 1. The molecular formula is C18H16BrNO4. The average molecular weight is 390 g/mol. The predicted molar refractivity (Wildman–Crippen MR) is 93.1 cm³/mol. The standard InChI is InChI=1S/C18H16BrNO4/c19-13-6-7-16-15(10-13)14(17(21)22)8-9-20(16)18(23)24-11-12-4-2-1-3-5-12/h1-7,10,14H,8-9,11H2,(H,21,22)/t14-/m0/s1. The van der Waals surface area contributed by atoms with Gasteiger partial charge < -0.3 is 9.84 Å². The number of nitrogens with zero attached hydrogens (tertiary/aromatic N) is 1. The molecule has 1 aliphatic rings. The van der Waals surface area contributed by atoms with Crippen molar-refractivity contribution in [3.63, 3.8) is 0 Å². The van der Waals surface area contributed by atoms with E-state index in [0.717, 1.165) is 10.0 Å². The molecule has 6 heteroatoms. The fourth-order valence-electron chi connectivity index (χ4n) is 2.83. The van der Waals surface area contributed by atoms with Crippen molar-refractivity contribution in [3.05, 3.63) is 64.1 Å². The fourth-order valence-corrected chi connectivity index (χ4v) is 3.21. The summed E-state index contributed by atoms with van der Waals surface area (Å²) in [6.07, 6.45) is -0.106. The molecule has 0 unspecified atom stereocenters. The number of carboxylic acid groups (broad SMARTS) is 1. The first kappa shape index (κ1) is 16.5. The molecule has 0 aliphatic carbocycles. The molecule has 24 heavy (non-hydrogen) atoms. The maximum atomic E-state index is 12.4. The Morgan fingerprint density at radius 2 is 1.96 bits per heavy atom.